The van der Waals surface area contributed by atoms with Crippen LogP contribution >= 0.6 is 11.8 Å². The number of hydrogen-bond donors (Lipinski definition) is 2. The van der Waals surface area contributed by atoms with Gasteiger partial charge in [0.05, 0.1) is 5.75 Å². The predicted octanol–water partition coefficient (Wildman–Crippen LogP) is 4.13. The maximum atomic E-state index is 13.0. The monoisotopic (exact) mass is 408 g/mol. The first kappa shape index (κ1) is 19.5. The quantitative estimate of drug-likeness (QED) is 0.602. The summed E-state index contributed by atoms with van der Waals surface area (Å²) in [5.74, 6) is 0.181. The normalized spacial score (nSPS) is 14.6. The van der Waals surface area contributed by atoms with E-state index < -0.39 is 0 Å². The van der Waals surface area contributed by atoms with Crippen LogP contribution in [-0.4, -0.2) is 33.0 Å². The van der Waals surface area contributed by atoms with Gasteiger partial charge in [0.15, 0.2) is 11.5 Å². The number of carbonyl (C=O) groups is 2. The zero-order valence-corrected chi connectivity index (χ0v) is 17.0. The van der Waals surface area contributed by atoms with Crippen LogP contribution < -0.4 is 10.6 Å². The van der Waals surface area contributed by atoms with E-state index in [0.717, 1.165) is 30.6 Å². The van der Waals surface area contributed by atoms with Crippen molar-refractivity contribution in [3.63, 3.8) is 0 Å². The van der Waals surface area contributed by atoms with Crippen LogP contribution in [0.4, 0.5) is 5.82 Å². The number of rotatable bonds is 6. The van der Waals surface area contributed by atoms with E-state index in [-0.39, 0.29) is 23.6 Å². The lowest BCUT2D eigenvalue weighted by molar-refractivity contribution is -0.113. The van der Waals surface area contributed by atoms with E-state index in [1.165, 1.54) is 18.2 Å². The summed E-state index contributed by atoms with van der Waals surface area (Å²) in [7, 11) is 0. The Morgan fingerprint density at radius 1 is 1.03 bits per heavy atom. The molecular formula is C22H24N4O2S. The van der Waals surface area contributed by atoms with Crippen molar-refractivity contribution in [1.29, 1.82) is 0 Å². The average molecular weight is 409 g/mol. The summed E-state index contributed by atoms with van der Waals surface area (Å²) in [6, 6.07) is 15.5. The highest BCUT2D eigenvalue weighted by Gasteiger charge is 2.24. The van der Waals surface area contributed by atoms with E-state index in [1.54, 1.807) is 10.6 Å². The Bertz CT molecular complexity index is 996. The standard InChI is InChI=1S/C22H24N4O2S/c27-19(15-29-17-11-5-2-6-12-17)25-21-20(26-14-8-7-13-18(26)24-21)22(28)23-16-9-3-1-4-10-16/h2,5-8,11-14,16H,1,3-4,9-10,15H2,(H,23,28)(H,25,27). The van der Waals surface area contributed by atoms with E-state index in [1.807, 2.05) is 48.5 Å². The van der Waals surface area contributed by atoms with E-state index >= 15 is 0 Å². The smallest absolute Gasteiger partial charge is 0.272 e. The van der Waals surface area contributed by atoms with E-state index in [4.69, 9.17) is 0 Å². The highest BCUT2D eigenvalue weighted by Crippen LogP contribution is 2.22. The number of aromatic nitrogens is 2. The summed E-state index contributed by atoms with van der Waals surface area (Å²) in [5, 5.41) is 5.96. The van der Waals surface area contributed by atoms with Crippen molar-refractivity contribution in [2.45, 2.75) is 43.0 Å². The molecule has 0 unspecified atom stereocenters. The summed E-state index contributed by atoms with van der Waals surface area (Å²) in [4.78, 5) is 31.1. The minimum absolute atomic E-state index is 0.183. The van der Waals surface area contributed by atoms with Crippen molar-refractivity contribution in [3.05, 3.63) is 60.4 Å². The molecular weight excluding hydrogens is 384 g/mol. The van der Waals surface area contributed by atoms with Crippen LogP contribution in [0.5, 0.6) is 0 Å². The zero-order valence-electron chi connectivity index (χ0n) is 16.1. The molecule has 0 radical (unpaired) electrons. The molecule has 1 saturated carbocycles. The Kier molecular flexibility index (Phi) is 6.14. The number of anilines is 1. The van der Waals surface area contributed by atoms with Crippen molar-refractivity contribution in [1.82, 2.24) is 14.7 Å². The van der Waals surface area contributed by atoms with Crippen molar-refractivity contribution in [2.75, 3.05) is 11.1 Å². The fourth-order valence-corrected chi connectivity index (χ4v) is 4.35. The second-order valence-corrected chi connectivity index (χ2v) is 8.24. The molecule has 0 atom stereocenters. The molecule has 2 heterocycles. The number of benzene rings is 1. The molecule has 1 aliphatic rings. The van der Waals surface area contributed by atoms with Crippen molar-refractivity contribution < 1.29 is 9.59 Å². The minimum Gasteiger partial charge on any atom is -0.348 e. The van der Waals surface area contributed by atoms with Gasteiger partial charge in [-0.3, -0.25) is 14.0 Å². The fourth-order valence-electron chi connectivity index (χ4n) is 3.63. The van der Waals surface area contributed by atoms with Gasteiger partial charge in [-0.1, -0.05) is 43.5 Å². The van der Waals surface area contributed by atoms with Crippen LogP contribution in [-0.2, 0) is 4.79 Å². The van der Waals surface area contributed by atoms with Gasteiger partial charge in [-0.05, 0) is 37.1 Å². The average Bonchev–Trinajstić information content (AvgIpc) is 3.11. The summed E-state index contributed by atoms with van der Waals surface area (Å²) in [5.41, 5.74) is 1.01. The Labute approximate surface area is 174 Å². The van der Waals surface area contributed by atoms with Gasteiger partial charge in [-0.25, -0.2) is 4.98 Å². The molecule has 3 aromatic rings. The third-order valence-electron chi connectivity index (χ3n) is 5.06. The highest BCUT2D eigenvalue weighted by atomic mass is 32.2. The SMILES string of the molecule is O=C(CSc1ccccc1)Nc1nc2ccccn2c1C(=O)NC1CCCCC1. The largest absolute Gasteiger partial charge is 0.348 e. The molecule has 6 nitrogen and oxygen atoms in total. The van der Waals surface area contributed by atoms with E-state index in [9.17, 15) is 9.59 Å². The maximum absolute atomic E-state index is 13.0. The van der Waals surface area contributed by atoms with Gasteiger partial charge >= 0.3 is 0 Å². The third kappa shape index (κ3) is 4.79. The van der Waals surface area contributed by atoms with E-state index in [0.29, 0.717) is 17.2 Å². The number of thioether (sulfide) groups is 1. The Balaban J connectivity index is 1.51. The first-order valence-corrected chi connectivity index (χ1v) is 10.9. The number of carbonyl (C=O) groups excluding carboxylic acids is 2. The molecule has 2 N–H and O–H groups in total. The topological polar surface area (TPSA) is 75.5 Å². The van der Waals surface area contributed by atoms with Gasteiger partial charge < -0.3 is 10.6 Å². The second kappa shape index (κ2) is 9.13. The van der Waals surface area contributed by atoms with Gasteiger partial charge in [0.2, 0.25) is 5.91 Å². The fraction of sp³-hybridized carbons (Fsp3) is 0.318. The van der Waals surface area contributed by atoms with Crippen LogP contribution in [0.2, 0.25) is 0 Å². The molecule has 1 aliphatic carbocycles. The zero-order chi connectivity index (χ0) is 20.1. The number of nitrogens with zero attached hydrogens (tertiary/aromatic N) is 2. The number of hydrogen-bond acceptors (Lipinski definition) is 4. The highest BCUT2D eigenvalue weighted by molar-refractivity contribution is 8.00. The van der Waals surface area contributed by atoms with Crippen LogP contribution in [0.25, 0.3) is 5.65 Å². The Morgan fingerprint density at radius 2 is 1.79 bits per heavy atom. The van der Waals surface area contributed by atoms with Gasteiger partial charge in [-0.2, -0.15) is 0 Å². The molecule has 0 saturated heterocycles. The number of amides is 2. The summed E-state index contributed by atoms with van der Waals surface area (Å²) < 4.78 is 1.73. The molecule has 0 bridgehead atoms. The molecule has 2 amide bonds. The third-order valence-corrected chi connectivity index (χ3v) is 6.07. The van der Waals surface area contributed by atoms with Crippen molar-refractivity contribution >= 4 is 35.0 Å². The molecule has 150 valence electrons. The number of pyridine rings is 1. The molecule has 1 fully saturated rings. The molecule has 2 aromatic heterocycles. The van der Waals surface area contributed by atoms with Crippen LogP contribution in [0.1, 0.15) is 42.6 Å². The lowest BCUT2D eigenvalue weighted by Crippen LogP contribution is -2.37. The summed E-state index contributed by atoms with van der Waals surface area (Å²) >= 11 is 1.45. The second-order valence-electron chi connectivity index (χ2n) is 7.20. The van der Waals surface area contributed by atoms with E-state index in [2.05, 4.69) is 15.6 Å². The van der Waals surface area contributed by atoms with Gasteiger partial charge in [-0.15, -0.1) is 11.8 Å². The minimum atomic E-state index is -0.193. The molecule has 7 heteroatoms. The molecule has 4 rings (SSSR count). The lowest BCUT2D eigenvalue weighted by atomic mass is 9.95. The van der Waals surface area contributed by atoms with Crippen LogP contribution in [0.3, 0.4) is 0 Å². The van der Waals surface area contributed by atoms with Gasteiger partial charge in [0.1, 0.15) is 5.65 Å². The first-order chi connectivity index (χ1) is 14.2. The number of fused-ring (bicyclic) bond motifs is 1. The molecule has 29 heavy (non-hydrogen) atoms. The molecule has 0 aliphatic heterocycles. The lowest BCUT2D eigenvalue weighted by Gasteiger charge is -2.22. The van der Waals surface area contributed by atoms with Gasteiger partial charge in [0, 0.05) is 17.1 Å². The van der Waals surface area contributed by atoms with Crippen molar-refractivity contribution in [2.24, 2.45) is 0 Å². The summed E-state index contributed by atoms with van der Waals surface area (Å²) in [6.45, 7) is 0. The van der Waals surface area contributed by atoms with Gasteiger partial charge in [0.25, 0.3) is 5.91 Å². The molecule has 0 spiro atoms. The Hall–Kier alpha value is -2.80. The van der Waals surface area contributed by atoms with Crippen LogP contribution in [0, 0.1) is 0 Å². The number of imidazole rings is 1. The summed E-state index contributed by atoms with van der Waals surface area (Å²) in [6.07, 6.45) is 7.29. The van der Waals surface area contributed by atoms with Crippen LogP contribution in [0.15, 0.2) is 59.6 Å². The van der Waals surface area contributed by atoms with Crippen molar-refractivity contribution in [3.8, 4) is 0 Å². The Morgan fingerprint density at radius 3 is 2.59 bits per heavy atom. The maximum Gasteiger partial charge on any atom is 0.272 e. The number of nitrogens with one attached hydrogen (secondary N) is 2. The first-order valence-electron chi connectivity index (χ1n) is 9.96. The molecule has 1 aromatic carbocycles. The predicted molar refractivity (Wildman–Crippen MR) is 115 cm³/mol.